The minimum Gasteiger partial charge on any atom is -0.396 e. The largest absolute Gasteiger partial charge is 0.396 e. The molecule has 0 bridgehead atoms. The second-order valence-electron chi connectivity index (χ2n) is 5.96. The summed E-state index contributed by atoms with van der Waals surface area (Å²) in [4.78, 5) is 11.9. The predicted octanol–water partition coefficient (Wildman–Crippen LogP) is 2.52. The van der Waals surface area contributed by atoms with Gasteiger partial charge in [-0.15, -0.1) is 0 Å². The van der Waals surface area contributed by atoms with Gasteiger partial charge in [0.15, 0.2) is 0 Å². The van der Waals surface area contributed by atoms with Gasteiger partial charge in [0.05, 0.1) is 6.42 Å². The van der Waals surface area contributed by atoms with Crippen LogP contribution in [0.25, 0.3) is 10.8 Å². The summed E-state index contributed by atoms with van der Waals surface area (Å²) in [5.74, 6) is -0.0122. The van der Waals surface area contributed by atoms with Crippen molar-refractivity contribution in [3.05, 3.63) is 48.0 Å². The van der Waals surface area contributed by atoms with Crippen LogP contribution in [0, 0.1) is 5.41 Å². The SMILES string of the molecule is CC(C)(CO)CNC(=O)Cc1ccc2ccccc2c1. The number of amides is 1. The number of aliphatic hydroxyl groups excluding tert-OH is 1. The lowest BCUT2D eigenvalue weighted by molar-refractivity contribution is -0.121. The van der Waals surface area contributed by atoms with Gasteiger partial charge in [0.1, 0.15) is 0 Å². The van der Waals surface area contributed by atoms with E-state index in [4.69, 9.17) is 5.11 Å². The van der Waals surface area contributed by atoms with Gasteiger partial charge in [0.2, 0.25) is 5.91 Å². The standard InChI is InChI=1S/C17H21NO2/c1-17(2,12-19)11-18-16(20)10-13-7-8-14-5-3-4-6-15(14)9-13/h3-9,19H,10-12H2,1-2H3,(H,18,20). The highest BCUT2D eigenvalue weighted by molar-refractivity contribution is 5.85. The fourth-order valence-electron chi connectivity index (χ4n) is 1.99. The molecule has 0 spiro atoms. The average molecular weight is 271 g/mol. The molecule has 0 heterocycles. The molecule has 3 heteroatoms. The fourth-order valence-corrected chi connectivity index (χ4v) is 1.99. The van der Waals surface area contributed by atoms with Gasteiger partial charge in [0, 0.05) is 18.6 Å². The maximum Gasteiger partial charge on any atom is 0.224 e. The third-order valence-electron chi connectivity index (χ3n) is 3.37. The molecule has 1 amide bonds. The summed E-state index contributed by atoms with van der Waals surface area (Å²) < 4.78 is 0. The molecule has 0 fully saturated rings. The molecule has 0 aliphatic heterocycles. The van der Waals surface area contributed by atoms with E-state index in [-0.39, 0.29) is 17.9 Å². The summed E-state index contributed by atoms with van der Waals surface area (Å²) in [7, 11) is 0. The lowest BCUT2D eigenvalue weighted by Gasteiger charge is -2.21. The second-order valence-corrected chi connectivity index (χ2v) is 5.96. The average Bonchev–Trinajstić information content (AvgIpc) is 2.45. The van der Waals surface area contributed by atoms with E-state index in [1.165, 1.54) is 5.39 Å². The van der Waals surface area contributed by atoms with E-state index in [1.807, 2.05) is 50.2 Å². The number of hydrogen-bond donors (Lipinski definition) is 2. The number of hydrogen-bond acceptors (Lipinski definition) is 2. The Balaban J connectivity index is 1.99. The van der Waals surface area contributed by atoms with Crippen molar-refractivity contribution in [1.29, 1.82) is 0 Å². The molecule has 0 unspecified atom stereocenters. The van der Waals surface area contributed by atoms with Crippen molar-refractivity contribution in [2.24, 2.45) is 5.41 Å². The minimum atomic E-state index is -0.279. The van der Waals surface area contributed by atoms with Gasteiger partial charge in [0.25, 0.3) is 0 Å². The van der Waals surface area contributed by atoms with Crippen LogP contribution >= 0.6 is 0 Å². The van der Waals surface area contributed by atoms with Crippen molar-refractivity contribution in [1.82, 2.24) is 5.32 Å². The second kappa shape index (κ2) is 6.06. The van der Waals surface area contributed by atoms with Crippen LogP contribution in [0.3, 0.4) is 0 Å². The first-order valence-electron chi connectivity index (χ1n) is 6.85. The number of fused-ring (bicyclic) bond motifs is 1. The Morgan fingerprint density at radius 3 is 2.55 bits per heavy atom. The molecule has 0 radical (unpaired) electrons. The van der Waals surface area contributed by atoms with E-state index in [9.17, 15) is 4.79 Å². The van der Waals surface area contributed by atoms with Gasteiger partial charge in [-0.05, 0) is 16.3 Å². The van der Waals surface area contributed by atoms with Gasteiger partial charge < -0.3 is 10.4 Å². The Morgan fingerprint density at radius 2 is 1.85 bits per heavy atom. The zero-order valence-electron chi connectivity index (χ0n) is 12.0. The Bertz CT molecular complexity index is 605. The molecule has 2 rings (SSSR count). The summed E-state index contributed by atoms with van der Waals surface area (Å²) >= 11 is 0. The molecule has 0 aromatic heterocycles. The van der Waals surface area contributed by atoms with Crippen molar-refractivity contribution in [2.45, 2.75) is 20.3 Å². The van der Waals surface area contributed by atoms with Crippen LogP contribution in [-0.2, 0) is 11.2 Å². The number of benzene rings is 2. The maximum absolute atomic E-state index is 11.9. The summed E-state index contributed by atoms with van der Waals surface area (Å²) in [5.41, 5.74) is 0.724. The first-order valence-corrected chi connectivity index (χ1v) is 6.85. The molecule has 3 nitrogen and oxygen atoms in total. The predicted molar refractivity (Wildman–Crippen MR) is 81.5 cm³/mol. The number of aliphatic hydroxyl groups is 1. The van der Waals surface area contributed by atoms with Gasteiger partial charge >= 0.3 is 0 Å². The van der Waals surface area contributed by atoms with E-state index in [1.54, 1.807) is 0 Å². The van der Waals surface area contributed by atoms with Crippen LogP contribution in [0.15, 0.2) is 42.5 Å². The highest BCUT2D eigenvalue weighted by Crippen LogP contribution is 2.16. The summed E-state index contributed by atoms with van der Waals surface area (Å²) in [6, 6.07) is 14.2. The van der Waals surface area contributed by atoms with Crippen LogP contribution in [0.4, 0.5) is 0 Å². The van der Waals surface area contributed by atoms with Crippen LogP contribution in [0.5, 0.6) is 0 Å². The van der Waals surface area contributed by atoms with Gasteiger partial charge in [-0.25, -0.2) is 0 Å². The smallest absolute Gasteiger partial charge is 0.224 e. The van der Waals surface area contributed by atoms with Crippen LogP contribution < -0.4 is 5.32 Å². The Kier molecular flexibility index (Phi) is 4.40. The summed E-state index contributed by atoms with van der Waals surface area (Å²) in [6.45, 7) is 4.38. The Labute approximate surface area is 119 Å². The van der Waals surface area contributed by atoms with Gasteiger partial charge in [-0.3, -0.25) is 4.79 Å². The third kappa shape index (κ3) is 3.81. The third-order valence-corrected chi connectivity index (χ3v) is 3.37. The molecular formula is C17H21NO2. The molecular weight excluding hydrogens is 250 g/mol. The first kappa shape index (κ1) is 14.5. The zero-order valence-corrected chi connectivity index (χ0v) is 12.0. The maximum atomic E-state index is 11.9. The summed E-state index contributed by atoms with van der Waals surface area (Å²) in [6.07, 6.45) is 0.367. The Morgan fingerprint density at radius 1 is 1.15 bits per heavy atom. The molecule has 0 aliphatic carbocycles. The molecule has 0 aliphatic rings. The van der Waals surface area contributed by atoms with Crippen LogP contribution in [0.1, 0.15) is 19.4 Å². The van der Waals surface area contributed by atoms with Crippen molar-refractivity contribution >= 4 is 16.7 Å². The molecule has 2 aromatic rings. The van der Waals surface area contributed by atoms with Crippen molar-refractivity contribution < 1.29 is 9.90 Å². The lowest BCUT2D eigenvalue weighted by atomic mass is 9.95. The van der Waals surface area contributed by atoms with Crippen molar-refractivity contribution in [2.75, 3.05) is 13.2 Å². The Hall–Kier alpha value is -1.87. The number of nitrogens with one attached hydrogen (secondary N) is 1. The van der Waals surface area contributed by atoms with Gasteiger partial charge in [-0.2, -0.15) is 0 Å². The molecule has 2 N–H and O–H groups in total. The van der Waals surface area contributed by atoms with E-state index in [0.717, 1.165) is 10.9 Å². The van der Waals surface area contributed by atoms with E-state index in [0.29, 0.717) is 13.0 Å². The topological polar surface area (TPSA) is 49.3 Å². The fraction of sp³-hybridized carbons (Fsp3) is 0.353. The van der Waals surface area contributed by atoms with Crippen LogP contribution in [0.2, 0.25) is 0 Å². The monoisotopic (exact) mass is 271 g/mol. The number of carbonyl (C=O) groups is 1. The van der Waals surface area contributed by atoms with E-state index in [2.05, 4.69) is 11.4 Å². The molecule has 0 saturated heterocycles. The number of rotatable bonds is 5. The molecule has 0 atom stereocenters. The van der Waals surface area contributed by atoms with E-state index >= 15 is 0 Å². The highest BCUT2D eigenvalue weighted by Gasteiger charge is 2.17. The van der Waals surface area contributed by atoms with Crippen LogP contribution in [-0.4, -0.2) is 24.2 Å². The zero-order chi connectivity index (χ0) is 14.6. The normalized spacial score (nSPS) is 11.6. The van der Waals surface area contributed by atoms with E-state index < -0.39 is 0 Å². The number of carbonyl (C=O) groups excluding carboxylic acids is 1. The van der Waals surface area contributed by atoms with Gasteiger partial charge in [-0.1, -0.05) is 56.3 Å². The molecule has 106 valence electrons. The quantitative estimate of drug-likeness (QED) is 0.878. The first-order chi connectivity index (χ1) is 9.50. The molecule has 0 saturated carbocycles. The summed E-state index contributed by atoms with van der Waals surface area (Å²) in [5, 5.41) is 14.4. The lowest BCUT2D eigenvalue weighted by Crippen LogP contribution is -2.36. The van der Waals surface area contributed by atoms with Crippen molar-refractivity contribution in [3.8, 4) is 0 Å². The molecule has 20 heavy (non-hydrogen) atoms. The molecule has 2 aromatic carbocycles. The highest BCUT2D eigenvalue weighted by atomic mass is 16.3. The minimum absolute atomic E-state index is 0.0122. The van der Waals surface area contributed by atoms with Crippen molar-refractivity contribution in [3.63, 3.8) is 0 Å².